The van der Waals surface area contributed by atoms with E-state index >= 15 is 0 Å². The van der Waals surface area contributed by atoms with Crippen LogP contribution in [0.5, 0.6) is 0 Å². The summed E-state index contributed by atoms with van der Waals surface area (Å²) in [6.45, 7) is 6.88. The molecule has 0 bridgehead atoms. The molecule has 1 unspecified atom stereocenters. The molecule has 0 saturated heterocycles. The van der Waals surface area contributed by atoms with Crippen molar-refractivity contribution in [1.29, 1.82) is 0 Å². The smallest absolute Gasteiger partial charge is 0.329 e. The second-order valence-electron chi connectivity index (χ2n) is 4.64. The Kier molecular flexibility index (Phi) is 7.81. The molecule has 0 aliphatic rings. The molecule has 0 aromatic carbocycles. The average Bonchev–Trinajstić information content (AvgIpc) is 2.45. The largest absolute Gasteiger partial charge is 0.362 e. The van der Waals surface area contributed by atoms with Gasteiger partial charge in [-0.1, -0.05) is 13.8 Å². The molecule has 0 aliphatic heterocycles. The van der Waals surface area contributed by atoms with E-state index in [0.29, 0.717) is 5.95 Å². The summed E-state index contributed by atoms with van der Waals surface area (Å²) in [5.41, 5.74) is -0.0907. The van der Waals surface area contributed by atoms with E-state index in [-0.39, 0.29) is 17.5 Å². The molecule has 1 atom stereocenters. The highest BCUT2D eigenvalue weighted by molar-refractivity contribution is 7.99. The number of nitrogens with one attached hydrogen (secondary N) is 2. The van der Waals surface area contributed by atoms with Crippen molar-refractivity contribution in [2.45, 2.75) is 39.7 Å². The standard InChI is InChI=1S/C13H23N5O2S/c1-4-7-14-13-15-9-11(18(19)20)12(17-13)16-10(3)6-8-21-5-2/h9-10H,4-8H2,1-3H3,(H2,14,15,16,17). The molecule has 118 valence electrons. The Morgan fingerprint density at radius 3 is 2.86 bits per heavy atom. The molecule has 1 rings (SSSR count). The van der Waals surface area contributed by atoms with Gasteiger partial charge < -0.3 is 10.6 Å². The number of aromatic nitrogens is 2. The van der Waals surface area contributed by atoms with Crippen LogP contribution in [0.15, 0.2) is 6.20 Å². The molecule has 1 aromatic heterocycles. The molecule has 7 nitrogen and oxygen atoms in total. The topological polar surface area (TPSA) is 93.0 Å². The fraction of sp³-hybridized carbons (Fsp3) is 0.692. The maximum absolute atomic E-state index is 11.0. The second kappa shape index (κ2) is 9.38. The van der Waals surface area contributed by atoms with E-state index in [1.807, 2.05) is 25.6 Å². The van der Waals surface area contributed by atoms with Crippen LogP contribution >= 0.6 is 11.8 Å². The summed E-state index contributed by atoms with van der Waals surface area (Å²) in [6, 6.07) is 0.122. The fourth-order valence-electron chi connectivity index (χ4n) is 1.65. The normalized spacial score (nSPS) is 12.0. The second-order valence-corrected chi connectivity index (χ2v) is 6.04. The summed E-state index contributed by atoms with van der Waals surface area (Å²) in [4.78, 5) is 18.8. The lowest BCUT2D eigenvalue weighted by molar-refractivity contribution is -0.384. The van der Waals surface area contributed by atoms with Crippen molar-refractivity contribution in [2.24, 2.45) is 0 Å². The number of hydrogen-bond acceptors (Lipinski definition) is 7. The van der Waals surface area contributed by atoms with Gasteiger partial charge in [0.15, 0.2) is 0 Å². The highest BCUT2D eigenvalue weighted by atomic mass is 32.2. The van der Waals surface area contributed by atoms with Gasteiger partial charge in [0.05, 0.1) is 4.92 Å². The van der Waals surface area contributed by atoms with Gasteiger partial charge in [-0.05, 0) is 31.3 Å². The maximum atomic E-state index is 11.0. The van der Waals surface area contributed by atoms with Gasteiger partial charge in [-0.3, -0.25) is 10.1 Å². The number of thioether (sulfide) groups is 1. The van der Waals surface area contributed by atoms with Gasteiger partial charge in [0.1, 0.15) is 6.20 Å². The Hall–Kier alpha value is -1.57. The van der Waals surface area contributed by atoms with Gasteiger partial charge >= 0.3 is 5.69 Å². The van der Waals surface area contributed by atoms with E-state index in [1.165, 1.54) is 6.20 Å². The van der Waals surface area contributed by atoms with E-state index < -0.39 is 4.92 Å². The van der Waals surface area contributed by atoms with Crippen LogP contribution < -0.4 is 10.6 Å². The van der Waals surface area contributed by atoms with Crippen LogP contribution in [-0.2, 0) is 0 Å². The van der Waals surface area contributed by atoms with Gasteiger partial charge in [-0.15, -0.1) is 0 Å². The third-order valence-corrected chi connectivity index (χ3v) is 3.71. The molecule has 0 radical (unpaired) electrons. The Balaban J connectivity index is 2.77. The monoisotopic (exact) mass is 313 g/mol. The van der Waals surface area contributed by atoms with Crippen LogP contribution in [0.2, 0.25) is 0 Å². The van der Waals surface area contributed by atoms with Crippen molar-refractivity contribution < 1.29 is 4.92 Å². The lowest BCUT2D eigenvalue weighted by Gasteiger charge is -2.14. The minimum atomic E-state index is -0.459. The molecule has 0 aliphatic carbocycles. The van der Waals surface area contributed by atoms with Gasteiger partial charge in [0, 0.05) is 12.6 Å². The minimum Gasteiger partial charge on any atom is -0.362 e. The van der Waals surface area contributed by atoms with Gasteiger partial charge in [-0.25, -0.2) is 4.98 Å². The first kappa shape index (κ1) is 17.5. The van der Waals surface area contributed by atoms with Gasteiger partial charge in [0.2, 0.25) is 11.8 Å². The number of anilines is 2. The molecule has 21 heavy (non-hydrogen) atoms. The third-order valence-electron chi connectivity index (χ3n) is 2.78. The zero-order chi connectivity index (χ0) is 15.7. The van der Waals surface area contributed by atoms with Crippen LogP contribution in [0.3, 0.4) is 0 Å². The zero-order valence-electron chi connectivity index (χ0n) is 12.8. The van der Waals surface area contributed by atoms with Crippen LogP contribution in [0.25, 0.3) is 0 Å². The fourth-order valence-corrected chi connectivity index (χ4v) is 2.46. The summed E-state index contributed by atoms with van der Waals surface area (Å²) in [5.74, 6) is 2.79. The molecule has 1 heterocycles. The van der Waals surface area contributed by atoms with Crippen molar-refractivity contribution in [1.82, 2.24) is 9.97 Å². The van der Waals surface area contributed by atoms with E-state index in [9.17, 15) is 10.1 Å². The summed E-state index contributed by atoms with van der Waals surface area (Å²) in [6.07, 6.45) is 3.12. The molecule has 0 saturated carbocycles. The minimum absolute atomic E-state index is 0.0907. The first-order chi connectivity index (χ1) is 10.1. The van der Waals surface area contributed by atoms with Crippen LogP contribution in [0, 0.1) is 10.1 Å². The average molecular weight is 313 g/mol. The molecular weight excluding hydrogens is 290 g/mol. The van der Waals surface area contributed by atoms with Crippen molar-refractivity contribution >= 4 is 29.2 Å². The molecule has 0 fully saturated rings. The summed E-state index contributed by atoms with van der Waals surface area (Å²) in [5, 5.41) is 17.2. The Morgan fingerprint density at radius 1 is 1.48 bits per heavy atom. The zero-order valence-corrected chi connectivity index (χ0v) is 13.6. The van der Waals surface area contributed by atoms with Crippen molar-refractivity contribution in [2.75, 3.05) is 28.7 Å². The number of rotatable bonds is 10. The highest BCUT2D eigenvalue weighted by Gasteiger charge is 2.18. The van der Waals surface area contributed by atoms with Crippen LogP contribution in [0.1, 0.15) is 33.6 Å². The van der Waals surface area contributed by atoms with Crippen LogP contribution in [0.4, 0.5) is 17.5 Å². The quantitative estimate of drug-likeness (QED) is 0.389. The summed E-state index contributed by atoms with van der Waals surface area (Å²) < 4.78 is 0. The molecule has 1 aromatic rings. The van der Waals surface area contributed by atoms with E-state index in [2.05, 4.69) is 27.5 Å². The Morgan fingerprint density at radius 2 is 2.24 bits per heavy atom. The van der Waals surface area contributed by atoms with Gasteiger partial charge in [0.25, 0.3) is 0 Å². The lowest BCUT2D eigenvalue weighted by Crippen LogP contribution is -2.19. The molecule has 8 heteroatoms. The highest BCUT2D eigenvalue weighted by Crippen LogP contribution is 2.23. The number of nitrogens with zero attached hydrogens (tertiary/aromatic N) is 3. The Bertz CT molecular complexity index is 458. The first-order valence-electron chi connectivity index (χ1n) is 7.18. The molecule has 0 spiro atoms. The predicted molar refractivity (Wildman–Crippen MR) is 88.2 cm³/mol. The van der Waals surface area contributed by atoms with Crippen molar-refractivity contribution in [3.63, 3.8) is 0 Å². The van der Waals surface area contributed by atoms with Crippen molar-refractivity contribution in [3.05, 3.63) is 16.3 Å². The third kappa shape index (κ3) is 6.16. The van der Waals surface area contributed by atoms with Crippen molar-refractivity contribution in [3.8, 4) is 0 Å². The molecule has 0 amide bonds. The summed E-state index contributed by atoms with van der Waals surface area (Å²) in [7, 11) is 0. The molecule has 2 N–H and O–H groups in total. The summed E-state index contributed by atoms with van der Waals surface area (Å²) >= 11 is 1.85. The first-order valence-corrected chi connectivity index (χ1v) is 8.33. The van der Waals surface area contributed by atoms with E-state index in [1.54, 1.807) is 0 Å². The molecular formula is C13H23N5O2S. The van der Waals surface area contributed by atoms with E-state index in [4.69, 9.17) is 0 Å². The van der Waals surface area contributed by atoms with Gasteiger partial charge in [-0.2, -0.15) is 16.7 Å². The Labute approximate surface area is 129 Å². The number of nitro groups is 1. The predicted octanol–water partition coefficient (Wildman–Crippen LogP) is 3.15. The SMILES string of the molecule is CCCNc1ncc([N+](=O)[O-])c(NC(C)CCSCC)n1. The van der Waals surface area contributed by atoms with E-state index in [0.717, 1.165) is 30.9 Å². The number of hydrogen-bond donors (Lipinski definition) is 2. The van der Waals surface area contributed by atoms with Crippen LogP contribution in [-0.4, -0.2) is 39.0 Å². The lowest BCUT2D eigenvalue weighted by atomic mass is 10.2. The maximum Gasteiger partial charge on any atom is 0.329 e.